The van der Waals surface area contributed by atoms with Crippen LogP contribution in [-0.4, -0.2) is 24.8 Å². The molecule has 1 N–H and O–H groups in total. The largest absolute Gasteiger partial charge is 0.497 e. The van der Waals surface area contributed by atoms with Gasteiger partial charge in [-0.25, -0.2) is 4.39 Å². The Labute approximate surface area is 133 Å². The molecule has 0 saturated heterocycles. The normalized spacial score (nSPS) is 19.2. The van der Waals surface area contributed by atoms with E-state index >= 15 is 0 Å². The summed E-state index contributed by atoms with van der Waals surface area (Å²) < 4.78 is 24.6. The average Bonchev–Trinajstić information content (AvgIpc) is 3.34. The fourth-order valence-corrected chi connectivity index (χ4v) is 2.52. The highest BCUT2D eigenvalue weighted by atomic mass is 19.1. The summed E-state index contributed by atoms with van der Waals surface area (Å²) in [6.07, 6.45) is 0.669. The lowest BCUT2D eigenvalue weighted by Gasteiger charge is -2.09. The zero-order chi connectivity index (χ0) is 16.4. The van der Waals surface area contributed by atoms with Crippen molar-refractivity contribution in [3.8, 4) is 22.6 Å². The molecule has 120 valence electrons. The minimum atomic E-state index is -0.762. The van der Waals surface area contributed by atoms with Gasteiger partial charge in [-0.15, -0.1) is 0 Å². The van der Waals surface area contributed by atoms with Crippen LogP contribution in [-0.2, 0) is 4.79 Å². The number of rotatable bonds is 6. The minimum absolute atomic E-state index is 0.0861. The Hall–Kier alpha value is -2.56. The van der Waals surface area contributed by atoms with Crippen LogP contribution in [0.4, 0.5) is 4.39 Å². The average molecular weight is 316 g/mol. The maximum Gasteiger partial charge on any atom is 0.306 e. The van der Waals surface area contributed by atoms with Gasteiger partial charge < -0.3 is 14.6 Å². The molecule has 0 aromatic heterocycles. The lowest BCUT2D eigenvalue weighted by atomic mass is 10.0. The SMILES string of the molecule is COc1ccc(F)c(-c2ccc(OCC3CC3C(=O)O)cc2)c1. The summed E-state index contributed by atoms with van der Waals surface area (Å²) in [6, 6.07) is 11.7. The summed E-state index contributed by atoms with van der Waals surface area (Å²) in [5.74, 6) is -0.0318. The molecular formula is C18H17FO4. The third kappa shape index (κ3) is 3.44. The molecule has 1 fully saturated rings. The van der Waals surface area contributed by atoms with Crippen molar-refractivity contribution < 1.29 is 23.8 Å². The van der Waals surface area contributed by atoms with Crippen LogP contribution < -0.4 is 9.47 Å². The second-order valence-electron chi connectivity index (χ2n) is 5.62. The zero-order valence-electron chi connectivity index (χ0n) is 12.7. The predicted molar refractivity (Wildman–Crippen MR) is 83.1 cm³/mol. The van der Waals surface area contributed by atoms with Gasteiger partial charge in [0.15, 0.2) is 0 Å². The Morgan fingerprint density at radius 2 is 1.91 bits per heavy atom. The molecule has 1 aliphatic rings. The molecule has 2 unspecified atom stereocenters. The van der Waals surface area contributed by atoms with Crippen LogP contribution in [0.1, 0.15) is 6.42 Å². The number of hydrogen-bond acceptors (Lipinski definition) is 3. The molecular weight excluding hydrogens is 299 g/mol. The lowest BCUT2D eigenvalue weighted by molar-refractivity contribution is -0.138. The van der Waals surface area contributed by atoms with Gasteiger partial charge in [0.2, 0.25) is 0 Å². The Morgan fingerprint density at radius 1 is 1.22 bits per heavy atom. The van der Waals surface area contributed by atoms with E-state index in [2.05, 4.69) is 0 Å². The number of hydrogen-bond donors (Lipinski definition) is 1. The second-order valence-corrected chi connectivity index (χ2v) is 5.62. The van der Waals surface area contributed by atoms with Gasteiger partial charge in [0.05, 0.1) is 19.6 Å². The topological polar surface area (TPSA) is 55.8 Å². The Balaban J connectivity index is 1.66. The van der Waals surface area contributed by atoms with Crippen LogP contribution in [0, 0.1) is 17.7 Å². The fraction of sp³-hybridized carbons (Fsp3) is 0.278. The van der Waals surface area contributed by atoms with E-state index in [4.69, 9.17) is 14.6 Å². The summed E-state index contributed by atoms with van der Waals surface area (Å²) >= 11 is 0. The third-order valence-corrected chi connectivity index (χ3v) is 4.04. The van der Waals surface area contributed by atoms with Crippen LogP contribution in [0.3, 0.4) is 0 Å². The second kappa shape index (κ2) is 6.28. The number of benzene rings is 2. The molecule has 5 heteroatoms. The number of halogens is 1. The van der Waals surface area contributed by atoms with Gasteiger partial charge in [0.25, 0.3) is 0 Å². The summed E-state index contributed by atoms with van der Waals surface area (Å²) in [4.78, 5) is 10.8. The molecule has 4 nitrogen and oxygen atoms in total. The smallest absolute Gasteiger partial charge is 0.306 e. The number of methoxy groups -OCH3 is 1. The Morgan fingerprint density at radius 3 is 2.52 bits per heavy atom. The van der Waals surface area contributed by atoms with E-state index in [0.717, 1.165) is 5.56 Å². The number of aliphatic carboxylic acids is 1. The maximum absolute atomic E-state index is 13.9. The number of ether oxygens (including phenoxy) is 2. The molecule has 2 aromatic carbocycles. The predicted octanol–water partition coefficient (Wildman–Crippen LogP) is 3.60. The molecule has 0 amide bonds. The first-order valence-corrected chi connectivity index (χ1v) is 7.38. The molecule has 3 rings (SSSR count). The van der Waals surface area contributed by atoms with Crippen LogP contribution in [0.25, 0.3) is 11.1 Å². The molecule has 0 radical (unpaired) electrons. The summed E-state index contributed by atoms with van der Waals surface area (Å²) in [6.45, 7) is 0.393. The van der Waals surface area contributed by atoms with Gasteiger partial charge in [0, 0.05) is 11.5 Å². The summed E-state index contributed by atoms with van der Waals surface area (Å²) in [5, 5.41) is 8.85. The van der Waals surface area contributed by atoms with E-state index in [1.165, 1.54) is 13.2 Å². The van der Waals surface area contributed by atoms with Crippen molar-refractivity contribution >= 4 is 5.97 Å². The van der Waals surface area contributed by atoms with Crippen molar-refractivity contribution in [3.63, 3.8) is 0 Å². The standard InChI is InChI=1S/C18H17FO4/c1-22-14-6-7-17(19)15(9-14)11-2-4-13(5-3-11)23-10-12-8-16(12)18(20)21/h2-7,9,12,16H,8,10H2,1H3,(H,20,21). The van der Waals surface area contributed by atoms with Gasteiger partial charge in [-0.2, -0.15) is 0 Å². The highest BCUT2D eigenvalue weighted by Gasteiger charge is 2.43. The minimum Gasteiger partial charge on any atom is -0.497 e. The van der Waals surface area contributed by atoms with E-state index in [1.807, 2.05) is 0 Å². The van der Waals surface area contributed by atoms with Crippen molar-refractivity contribution in [2.75, 3.05) is 13.7 Å². The summed E-state index contributed by atoms with van der Waals surface area (Å²) in [5.41, 5.74) is 1.19. The molecule has 2 aromatic rings. The lowest BCUT2D eigenvalue weighted by Crippen LogP contribution is -2.06. The van der Waals surface area contributed by atoms with Gasteiger partial charge in [-0.05, 0) is 42.3 Å². The number of carboxylic acid groups (broad SMARTS) is 1. The number of carbonyl (C=O) groups is 1. The van der Waals surface area contributed by atoms with Crippen LogP contribution in [0.15, 0.2) is 42.5 Å². The third-order valence-electron chi connectivity index (χ3n) is 4.04. The molecule has 2 atom stereocenters. The van der Waals surface area contributed by atoms with Crippen LogP contribution >= 0.6 is 0 Å². The van der Waals surface area contributed by atoms with E-state index < -0.39 is 5.97 Å². The van der Waals surface area contributed by atoms with Crippen molar-refractivity contribution in [2.24, 2.45) is 11.8 Å². The fourth-order valence-electron chi connectivity index (χ4n) is 2.52. The van der Waals surface area contributed by atoms with Crippen LogP contribution in [0.2, 0.25) is 0 Å². The van der Waals surface area contributed by atoms with Crippen molar-refractivity contribution in [3.05, 3.63) is 48.3 Å². The number of carboxylic acids is 1. The molecule has 0 heterocycles. The van der Waals surface area contributed by atoms with E-state index in [0.29, 0.717) is 30.1 Å². The van der Waals surface area contributed by atoms with Gasteiger partial charge in [0.1, 0.15) is 17.3 Å². The maximum atomic E-state index is 13.9. The van der Waals surface area contributed by atoms with Gasteiger partial charge in [-0.3, -0.25) is 4.79 Å². The molecule has 0 bridgehead atoms. The van der Waals surface area contributed by atoms with Crippen molar-refractivity contribution in [1.82, 2.24) is 0 Å². The Bertz CT molecular complexity index is 711. The Kier molecular flexibility index (Phi) is 4.19. The first-order chi connectivity index (χ1) is 11.1. The quantitative estimate of drug-likeness (QED) is 0.884. The highest BCUT2D eigenvalue weighted by Crippen LogP contribution is 2.39. The van der Waals surface area contributed by atoms with Gasteiger partial charge >= 0.3 is 5.97 Å². The van der Waals surface area contributed by atoms with Crippen LogP contribution in [0.5, 0.6) is 11.5 Å². The van der Waals surface area contributed by atoms with Crippen molar-refractivity contribution in [1.29, 1.82) is 0 Å². The van der Waals surface area contributed by atoms with E-state index in [-0.39, 0.29) is 17.7 Å². The van der Waals surface area contributed by atoms with Gasteiger partial charge in [-0.1, -0.05) is 12.1 Å². The molecule has 0 aliphatic heterocycles. The van der Waals surface area contributed by atoms with E-state index in [9.17, 15) is 9.18 Å². The molecule has 0 spiro atoms. The molecule has 1 aliphatic carbocycles. The van der Waals surface area contributed by atoms with Crippen molar-refractivity contribution in [2.45, 2.75) is 6.42 Å². The zero-order valence-corrected chi connectivity index (χ0v) is 12.7. The van der Waals surface area contributed by atoms with E-state index in [1.54, 1.807) is 36.4 Å². The molecule has 23 heavy (non-hydrogen) atoms. The highest BCUT2D eigenvalue weighted by molar-refractivity contribution is 5.73. The summed E-state index contributed by atoms with van der Waals surface area (Å²) in [7, 11) is 1.54. The molecule has 1 saturated carbocycles. The monoisotopic (exact) mass is 316 g/mol. The first kappa shape index (κ1) is 15.3. The first-order valence-electron chi connectivity index (χ1n) is 7.38.